The van der Waals surface area contributed by atoms with Gasteiger partial charge in [-0.1, -0.05) is 0 Å². The maximum Gasteiger partial charge on any atom is 0.160 e. The first-order chi connectivity index (χ1) is 4.22. The first-order valence-electron chi connectivity index (χ1n) is 2.69. The van der Waals surface area contributed by atoms with Crippen LogP contribution < -0.4 is 0 Å². The van der Waals surface area contributed by atoms with Gasteiger partial charge in [-0.3, -0.25) is 4.79 Å². The van der Waals surface area contributed by atoms with Crippen LogP contribution in [0.1, 0.15) is 0 Å². The Labute approximate surface area is 54.8 Å². The van der Waals surface area contributed by atoms with Crippen molar-refractivity contribution < 1.29 is 14.3 Å². The molecule has 0 rings (SSSR count). The van der Waals surface area contributed by atoms with E-state index in [9.17, 15) is 9.59 Å². The van der Waals surface area contributed by atoms with Crippen LogP contribution in [0.15, 0.2) is 0 Å². The maximum atomic E-state index is 10.6. The highest BCUT2D eigenvalue weighted by Gasteiger charge is 2.09. The fourth-order valence-electron chi connectivity index (χ4n) is 0.350. The van der Waals surface area contributed by atoms with Gasteiger partial charge in [0, 0.05) is 12.9 Å². The summed E-state index contributed by atoms with van der Waals surface area (Å²) in [7, 11) is 2.98. The quantitative estimate of drug-likeness (QED) is 0.272. The summed E-state index contributed by atoms with van der Waals surface area (Å²) in [6.07, 6.45) is 0.612. The van der Waals surface area contributed by atoms with E-state index in [2.05, 4.69) is 4.74 Å². The Morgan fingerprint density at radius 1 is 1.89 bits per heavy atom. The van der Waals surface area contributed by atoms with E-state index < -0.39 is 5.82 Å². The molecule has 0 radical (unpaired) electrons. The van der Waals surface area contributed by atoms with Crippen LogP contribution in [0, 0.1) is 0 Å². The number of ketones is 1. The minimum Gasteiger partial charge on any atom is -0.377 e. The van der Waals surface area contributed by atoms with E-state index in [1.165, 1.54) is 7.11 Å². The molecule has 1 atom stereocenters. The number of carbonyl (C=O) groups excluding carboxylic acids is 2. The lowest BCUT2D eigenvalue weighted by Crippen LogP contribution is -2.15. The number of hydrogen-bond acceptors (Lipinski definition) is 3. The van der Waals surface area contributed by atoms with Gasteiger partial charge >= 0.3 is 0 Å². The van der Waals surface area contributed by atoms with Crippen molar-refractivity contribution in [2.24, 2.45) is 0 Å². The molecule has 0 spiro atoms. The van der Waals surface area contributed by atoms with Crippen molar-refractivity contribution in [2.75, 3.05) is 13.7 Å². The number of methoxy groups -OCH3 is 1. The number of carbonyl (C=O) groups is 2. The Kier molecular flexibility index (Phi) is 3.96. The SMILES string of the molecule is BC(C=O)C(=O)COC. The van der Waals surface area contributed by atoms with Gasteiger partial charge in [-0.15, -0.1) is 0 Å². The van der Waals surface area contributed by atoms with E-state index >= 15 is 0 Å². The Balaban J connectivity index is 3.58. The summed E-state index contributed by atoms with van der Waals surface area (Å²) in [5, 5.41) is 0. The number of hydrogen-bond donors (Lipinski definition) is 0. The van der Waals surface area contributed by atoms with Gasteiger partial charge in [0.05, 0.1) is 0 Å². The molecule has 0 saturated carbocycles. The van der Waals surface area contributed by atoms with Crippen LogP contribution in [0.2, 0.25) is 5.82 Å². The zero-order chi connectivity index (χ0) is 7.28. The van der Waals surface area contributed by atoms with Crippen LogP contribution in [-0.2, 0) is 14.3 Å². The Morgan fingerprint density at radius 3 is 2.78 bits per heavy atom. The molecule has 50 valence electrons. The van der Waals surface area contributed by atoms with Gasteiger partial charge in [0.2, 0.25) is 0 Å². The molecule has 0 fully saturated rings. The lowest BCUT2D eigenvalue weighted by molar-refractivity contribution is -0.125. The van der Waals surface area contributed by atoms with E-state index in [0.717, 1.165) is 0 Å². The normalized spacial score (nSPS) is 12.6. The average Bonchev–Trinajstić information content (AvgIpc) is 1.87. The van der Waals surface area contributed by atoms with Crippen LogP contribution in [0.25, 0.3) is 0 Å². The summed E-state index contributed by atoms with van der Waals surface area (Å²) in [5.41, 5.74) is 0. The summed E-state index contributed by atoms with van der Waals surface area (Å²) < 4.78 is 4.52. The monoisotopic (exact) mass is 128 g/mol. The van der Waals surface area contributed by atoms with Gasteiger partial charge in [0.1, 0.15) is 20.7 Å². The molecule has 0 aromatic rings. The molecule has 0 amide bonds. The second-order valence-electron chi connectivity index (χ2n) is 1.82. The number of rotatable bonds is 4. The first kappa shape index (κ1) is 8.36. The third-order valence-corrected chi connectivity index (χ3v) is 0.999. The van der Waals surface area contributed by atoms with Gasteiger partial charge in [0.15, 0.2) is 5.78 Å². The minimum absolute atomic E-state index is 0.0277. The van der Waals surface area contributed by atoms with Crippen molar-refractivity contribution in [2.45, 2.75) is 5.82 Å². The minimum atomic E-state index is -0.523. The number of Topliss-reactive ketones (excluding diaryl/α,β-unsaturated/α-hetero) is 1. The summed E-state index contributed by atoms with van der Waals surface area (Å²) in [6.45, 7) is 0.0277. The molecule has 0 aromatic heterocycles. The van der Waals surface area contributed by atoms with Crippen molar-refractivity contribution in [1.29, 1.82) is 0 Å². The largest absolute Gasteiger partial charge is 0.377 e. The van der Waals surface area contributed by atoms with Gasteiger partial charge < -0.3 is 9.53 Å². The molecule has 0 aromatic carbocycles. The highest BCUT2D eigenvalue weighted by atomic mass is 16.5. The summed E-state index contributed by atoms with van der Waals surface area (Å²) in [5.74, 6) is -0.697. The standard InChI is InChI=1S/C5H9BO3/c1-9-3-5(8)4(6)2-7/h2,4H,3,6H2,1H3. The predicted octanol–water partition coefficient (Wildman–Crippen LogP) is -1.18. The Bertz CT molecular complexity index is 113. The van der Waals surface area contributed by atoms with Crippen LogP contribution >= 0.6 is 0 Å². The van der Waals surface area contributed by atoms with E-state index in [1.807, 2.05) is 0 Å². The van der Waals surface area contributed by atoms with Crippen LogP contribution in [0.5, 0.6) is 0 Å². The molecular weight excluding hydrogens is 119 g/mol. The molecule has 0 aliphatic heterocycles. The van der Waals surface area contributed by atoms with Gasteiger partial charge in [-0.25, -0.2) is 0 Å². The third-order valence-electron chi connectivity index (χ3n) is 0.999. The molecule has 0 saturated heterocycles. The molecule has 0 heterocycles. The summed E-state index contributed by atoms with van der Waals surface area (Å²) in [6, 6.07) is 0. The van der Waals surface area contributed by atoms with E-state index in [-0.39, 0.29) is 12.4 Å². The second-order valence-corrected chi connectivity index (χ2v) is 1.82. The number of aldehydes is 1. The van der Waals surface area contributed by atoms with Gasteiger partial charge in [0.25, 0.3) is 0 Å². The molecule has 4 heteroatoms. The van der Waals surface area contributed by atoms with Crippen molar-refractivity contribution in [3.63, 3.8) is 0 Å². The summed E-state index contributed by atoms with van der Waals surface area (Å²) >= 11 is 0. The lowest BCUT2D eigenvalue weighted by Gasteiger charge is -1.98. The highest BCUT2D eigenvalue weighted by Crippen LogP contribution is 1.93. The topological polar surface area (TPSA) is 43.4 Å². The van der Waals surface area contributed by atoms with E-state index in [0.29, 0.717) is 6.29 Å². The Hall–Kier alpha value is -0.635. The molecule has 9 heavy (non-hydrogen) atoms. The molecule has 0 N–H and O–H groups in total. The second kappa shape index (κ2) is 4.26. The molecule has 0 aliphatic rings. The van der Waals surface area contributed by atoms with E-state index in [1.54, 1.807) is 7.85 Å². The molecule has 0 bridgehead atoms. The fraction of sp³-hybridized carbons (Fsp3) is 0.600. The smallest absolute Gasteiger partial charge is 0.160 e. The van der Waals surface area contributed by atoms with Crippen molar-refractivity contribution in [3.8, 4) is 0 Å². The van der Waals surface area contributed by atoms with Crippen LogP contribution in [-0.4, -0.2) is 33.6 Å². The van der Waals surface area contributed by atoms with Crippen molar-refractivity contribution in [1.82, 2.24) is 0 Å². The zero-order valence-electron chi connectivity index (χ0n) is 5.59. The molecule has 1 unspecified atom stereocenters. The molecular formula is C5H9BO3. The van der Waals surface area contributed by atoms with Crippen molar-refractivity contribution in [3.05, 3.63) is 0 Å². The van der Waals surface area contributed by atoms with Crippen LogP contribution in [0.4, 0.5) is 0 Å². The highest BCUT2D eigenvalue weighted by molar-refractivity contribution is 6.33. The van der Waals surface area contributed by atoms with E-state index in [4.69, 9.17) is 0 Å². The first-order valence-corrected chi connectivity index (χ1v) is 2.69. The molecule has 3 nitrogen and oxygen atoms in total. The number of ether oxygens (including phenoxy) is 1. The van der Waals surface area contributed by atoms with Gasteiger partial charge in [-0.05, 0) is 0 Å². The van der Waals surface area contributed by atoms with Crippen molar-refractivity contribution >= 4 is 19.9 Å². The third kappa shape index (κ3) is 3.03. The van der Waals surface area contributed by atoms with Gasteiger partial charge in [-0.2, -0.15) is 0 Å². The summed E-state index contributed by atoms with van der Waals surface area (Å²) in [4.78, 5) is 20.6. The van der Waals surface area contributed by atoms with Crippen LogP contribution in [0.3, 0.4) is 0 Å². The fourth-order valence-corrected chi connectivity index (χ4v) is 0.350. The average molecular weight is 128 g/mol. The predicted molar refractivity (Wildman–Crippen MR) is 35.2 cm³/mol. The zero-order valence-corrected chi connectivity index (χ0v) is 5.59. The Morgan fingerprint density at radius 2 is 2.44 bits per heavy atom. The molecule has 0 aliphatic carbocycles. The maximum absolute atomic E-state index is 10.6. The lowest BCUT2D eigenvalue weighted by atomic mass is 9.85.